The Labute approximate surface area is 240 Å². The van der Waals surface area contributed by atoms with Crippen molar-refractivity contribution in [2.75, 3.05) is 44.4 Å². The summed E-state index contributed by atoms with van der Waals surface area (Å²) in [5, 5.41) is 30.3. The second-order valence-electron chi connectivity index (χ2n) is 10.7. The van der Waals surface area contributed by atoms with Gasteiger partial charge in [0.05, 0.1) is 12.1 Å². The fraction of sp³-hybridized carbons (Fsp3) is 0.393. The number of alkyl halides is 3. The Balaban J connectivity index is 0.000000782. The molecule has 11 nitrogen and oxygen atoms in total. The summed E-state index contributed by atoms with van der Waals surface area (Å²) >= 11 is 0. The summed E-state index contributed by atoms with van der Waals surface area (Å²) in [6.07, 6.45) is -5.08. The minimum absolute atomic E-state index is 0.0194. The second-order valence-corrected chi connectivity index (χ2v) is 10.7. The van der Waals surface area contributed by atoms with E-state index in [1.54, 1.807) is 36.2 Å². The normalized spacial score (nSPS) is 12.6. The number of halogens is 3. The molecule has 228 valence electrons. The van der Waals surface area contributed by atoms with Crippen LogP contribution in [-0.4, -0.2) is 85.0 Å². The molecular formula is C28H34F3N5O6. The number of carbonyl (C=O) groups excluding carboxylic acids is 2. The molecule has 1 aliphatic rings. The minimum Gasteiger partial charge on any atom is -0.480 e. The molecule has 1 heterocycles. The number of amides is 1. The van der Waals surface area contributed by atoms with Crippen LogP contribution in [0.3, 0.4) is 0 Å². The van der Waals surface area contributed by atoms with Gasteiger partial charge in [-0.15, -0.1) is 0 Å². The molecule has 0 aliphatic carbocycles. The van der Waals surface area contributed by atoms with Gasteiger partial charge in [-0.05, 0) is 46.9 Å². The first-order chi connectivity index (χ1) is 19.3. The minimum atomic E-state index is -5.08. The number of amidine groups is 1. The summed E-state index contributed by atoms with van der Waals surface area (Å²) in [4.78, 5) is 49.1. The number of aliphatic carboxylic acids is 2. The lowest BCUT2D eigenvalue weighted by Crippen LogP contribution is -2.30. The van der Waals surface area contributed by atoms with E-state index >= 15 is 0 Å². The van der Waals surface area contributed by atoms with Crippen LogP contribution in [0.5, 0.6) is 0 Å². The van der Waals surface area contributed by atoms with E-state index in [9.17, 15) is 27.6 Å². The van der Waals surface area contributed by atoms with E-state index in [0.717, 1.165) is 16.8 Å². The number of ketones is 1. The SMILES string of the molecule is CNC(=O)c1cc2c(cc1N(C)C)CN(CC(=O)c1ccc(NCC(=O)O)c(C(C)(C)C)c1)C2=N.O=C(O)C(F)(F)F. The number of anilines is 2. The van der Waals surface area contributed by atoms with E-state index < -0.39 is 18.1 Å². The van der Waals surface area contributed by atoms with Crippen molar-refractivity contribution in [3.8, 4) is 0 Å². The summed E-state index contributed by atoms with van der Waals surface area (Å²) < 4.78 is 31.7. The molecule has 3 rings (SSSR count). The van der Waals surface area contributed by atoms with Gasteiger partial charge in [0.15, 0.2) is 5.78 Å². The van der Waals surface area contributed by atoms with Gasteiger partial charge in [-0.25, -0.2) is 4.79 Å². The molecule has 42 heavy (non-hydrogen) atoms. The fourth-order valence-electron chi connectivity index (χ4n) is 4.19. The number of nitrogens with zero attached hydrogens (tertiary/aromatic N) is 2. The average molecular weight is 594 g/mol. The van der Waals surface area contributed by atoms with E-state index in [1.807, 2.05) is 45.8 Å². The van der Waals surface area contributed by atoms with Gasteiger partial charge in [0.1, 0.15) is 12.4 Å². The summed E-state index contributed by atoms with van der Waals surface area (Å²) in [6, 6.07) is 8.84. The molecule has 0 saturated heterocycles. The zero-order valence-electron chi connectivity index (χ0n) is 24.1. The highest BCUT2D eigenvalue weighted by Crippen LogP contribution is 2.32. The van der Waals surface area contributed by atoms with Crippen LogP contribution in [0.15, 0.2) is 30.3 Å². The maximum atomic E-state index is 13.2. The molecule has 0 bridgehead atoms. The highest BCUT2D eigenvalue weighted by atomic mass is 19.4. The Morgan fingerprint density at radius 3 is 2.12 bits per heavy atom. The molecule has 0 unspecified atom stereocenters. The highest BCUT2D eigenvalue weighted by molar-refractivity contribution is 6.08. The lowest BCUT2D eigenvalue weighted by atomic mass is 9.84. The van der Waals surface area contributed by atoms with Crippen LogP contribution in [0.2, 0.25) is 0 Å². The number of nitrogens with one attached hydrogen (secondary N) is 3. The molecule has 5 N–H and O–H groups in total. The Morgan fingerprint density at radius 2 is 1.64 bits per heavy atom. The van der Waals surface area contributed by atoms with Crippen LogP contribution < -0.4 is 15.5 Å². The van der Waals surface area contributed by atoms with Crippen molar-refractivity contribution in [2.24, 2.45) is 0 Å². The molecule has 0 aromatic heterocycles. The lowest BCUT2D eigenvalue weighted by molar-refractivity contribution is -0.192. The number of carboxylic acids is 2. The van der Waals surface area contributed by atoms with Gasteiger partial charge >= 0.3 is 18.1 Å². The van der Waals surface area contributed by atoms with Crippen molar-refractivity contribution in [3.63, 3.8) is 0 Å². The molecule has 0 spiro atoms. The van der Waals surface area contributed by atoms with Crippen LogP contribution in [-0.2, 0) is 21.5 Å². The fourth-order valence-corrected chi connectivity index (χ4v) is 4.19. The number of Topliss-reactive ketones (excluding diaryl/α,β-unsaturated/α-hetero) is 1. The van der Waals surface area contributed by atoms with Gasteiger partial charge in [0.2, 0.25) is 0 Å². The van der Waals surface area contributed by atoms with E-state index in [1.165, 1.54) is 0 Å². The Kier molecular flexibility index (Phi) is 10.3. The van der Waals surface area contributed by atoms with E-state index in [-0.39, 0.29) is 36.0 Å². The first-order valence-electron chi connectivity index (χ1n) is 12.6. The standard InChI is InChI=1S/C26H33N5O4.C2HF3O2/c1-26(2,3)19-9-15(7-8-20(19)29-12-23(33)34)22(32)14-31-13-16-10-21(30(5)6)18(25(35)28-4)11-17(16)24(31)27;3-2(4,5)1(6)7/h7-11,27,29H,12-14H2,1-6H3,(H,28,35)(H,33,34);(H,6,7). The second kappa shape index (κ2) is 12.9. The number of carbonyl (C=O) groups is 4. The van der Waals surface area contributed by atoms with Gasteiger partial charge in [-0.3, -0.25) is 19.8 Å². The molecule has 0 atom stereocenters. The van der Waals surface area contributed by atoms with Crippen LogP contribution in [0, 0.1) is 5.41 Å². The van der Waals surface area contributed by atoms with Crippen molar-refractivity contribution < 1.29 is 42.6 Å². The van der Waals surface area contributed by atoms with Gasteiger partial charge < -0.3 is 30.6 Å². The van der Waals surface area contributed by atoms with Crippen molar-refractivity contribution in [3.05, 3.63) is 58.1 Å². The maximum Gasteiger partial charge on any atom is 0.490 e. The van der Waals surface area contributed by atoms with Gasteiger partial charge in [0.25, 0.3) is 5.91 Å². The van der Waals surface area contributed by atoms with Crippen LogP contribution in [0.1, 0.15) is 58.2 Å². The largest absolute Gasteiger partial charge is 0.490 e. The van der Waals surface area contributed by atoms with Gasteiger partial charge in [-0.2, -0.15) is 13.2 Å². The smallest absolute Gasteiger partial charge is 0.480 e. The lowest BCUT2D eigenvalue weighted by Gasteiger charge is -2.24. The highest BCUT2D eigenvalue weighted by Gasteiger charge is 2.38. The molecule has 0 saturated carbocycles. The number of hydrogen-bond donors (Lipinski definition) is 5. The van der Waals surface area contributed by atoms with Crippen molar-refractivity contribution >= 4 is 40.8 Å². The van der Waals surface area contributed by atoms with Crippen molar-refractivity contribution in [1.29, 1.82) is 5.41 Å². The Hall–Kier alpha value is -4.62. The van der Waals surface area contributed by atoms with Gasteiger partial charge in [-0.1, -0.05) is 20.8 Å². The third kappa shape index (κ3) is 8.21. The van der Waals surface area contributed by atoms with Crippen LogP contribution in [0.25, 0.3) is 0 Å². The molecule has 2 aromatic rings. The monoisotopic (exact) mass is 593 g/mol. The number of rotatable bonds is 8. The summed E-state index contributed by atoms with van der Waals surface area (Å²) in [6.45, 7) is 6.21. The quantitative estimate of drug-likeness (QED) is 0.288. The Morgan fingerprint density at radius 1 is 1.05 bits per heavy atom. The number of hydrogen-bond acceptors (Lipinski definition) is 7. The van der Waals surface area contributed by atoms with Crippen molar-refractivity contribution in [2.45, 2.75) is 38.9 Å². The Bertz CT molecular complexity index is 1400. The zero-order chi connectivity index (χ0) is 32.2. The molecule has 2 aromatic carbocycles. The van der Waals surface area contributed by atoms with E-state index in [2.05, 4.69) is 10.6 Å². The average Bonchev–Trinajstić information content (AvgIpc) is 3.19. The molecule has 14 heteroatoms. The van der Waals surface area contributed by atoms with Crippen molar-refractivity contribution in [1.82, 2.24) is 10.2 Å². The number of fused-ring (bicyclic) bond motifs is 1. The number of carboxylic acid groups (broad SMARTS) is 2. The summed E-state index contributed by atoms with van der Waals surface area (Å²) in [5.74, 6) is -3.89. The number of benzene rings is 2. The van der Waals surface area contributed by atoms with E-state index in [4.69, 9.17) is 20.4 Å². The molecular weight excluding hydrogens is 559 g/mol. The molecule has 1 amide bonds. The molecule has 1 aliphatic heterocycles. The third-order valence-corrected chi connectivity index (χ3v) is 6.26. The molecule has 0 fully saturated rings. The van der Waals surface area contributed by atoms with Crippen LogP contribution >= 0.6 is 0 Å². The van der Waals surface area contributed by atoms with E-state index in [0.29, 0.717) is 28.9 Å². The molecule has 0 radical (unpaired) electrons. The first kappa shape index (κ1) is 33.6. The van der Waals surface area contributed by atoms with Crippen LogP contribution in [0.4, 0.5) is 24.5 Å². The summed E-state index contributed by atoms with van der Waals surface area (Å²) in [7, 11) is 5.29. The predicted molar refractivity (Wildman–Crippen MR) is 151 cm³/mol. The first-order valence-corrected chi connectivity index (χ1v) is 12.6. The maximum absolute atomic E-state index is 13.2. The zero-order valence-corrected chi connectivity index (χ0v) is 24.1. The summed E-state index contributed by atoms with van der Waals surface area (Å²) in [5.41, 5.74) is 4.47. The van der Waals surface area contributed by atoms with Gasteiger partial charge in [0, 0.05) is 50.2 Å². The predicted octanol–water partition coefficient (Wildman–Crippen LogP) is 3.56. The third-order valence-electron chi connectivity index (χ3n) is 6.26. The topological polar surface area (TPSA) is 163 Å².